The third kappa shape index (κ3) is 1.83. The molecule has 0 aliphatic carbocycles. The predicted octanol–water partition coefficient (Wildman–Crippen LogP) is -1.21. The van der Waals surface area contributed by atoms with Gasteiger partial charge < -0.3 is 0 Å². The maximum absolute atomic E-state index is 3.91. The molecule has 4 nitrogen and oxygen atoms in total. The Morgan fingerprint density at radius 2 is 2.38 bits per heavy atom. The fraction of sp³-hybridized carbons (Fsp3) is 0.500. The number of nitrogens with zero attached hydrogens (tertiary/aromatic N) is 3. The summed E-state index contributed by atoms with van der Waals surface area (Å²) < 4.78 is 1.46. The second kappa shape index (κ2) is 3.58. The van der Waals surface area contributed by atoms with E-state index in [1.54, 1.807) is 11.3 Å². The number of nitrogens with one attached hydrogen (secondary N) is 1. The van der Waals surface area contributed by atoms with E-state index in [1.165, 1.54) is 4.52 Å². The van der Waals surface area contributed by atoms with Gasteiger partial charge in [0.15, 0.2) is 0 Å². The van der Waals surface area contributed by atoms with Gasteiger partial charge in [-0.05, 0) is 12.8 Å². The van der Waals surface area contributed by atoms with E-state index in [0.29, 0.717) is 0 Å². The number of rotatable bonds is 0. The molecule has 6 heteroatoms. The first-order valence-electron chi connectivity index (χ1n) is 1.81. The molecule has 1 N–H and O–H groups in total. The molecule has 0 aromatic carbocycles. The van der Waals surface area contributed by atoms with Crippen LogP contribution in [0.5, 0.6) is 0 Å². The molecule has 1 aliphatic heterocycles. The first kappa shape index (κ1) is 8.58. The van der Waals surface area contributed by atoms with Gasteiger partial charge in [0.05, 0.1) is 0 Å². The number of hydrazine groups is 2. The van der Waals surface area contributed by atoms with E-state index >= 15 is 0 Å². The summed E-state index contributed by atoms with van der Waals surface area (Å²) in [5.74, 6) is 0. The second-order valence-corrected chi connectivity index (χ2v) is 1.59. The van der Waals surface area contributed by atoms with Crippen LogP contribution in [0.25, 0.3) is 0 Å². The third-order valence-electron chi connectivity index (χ3n) is 0.671. The monoisotopic (exact) mass is 142 g/mol. The topological polar surface area (TPSA) is 30.9 Å². The van der Waals surface area contributed by atoms with Gasteiger partial charge in [-0.3, -0.25) is 5.01 Å². The summed E-state index contributed by atoms with van der Waals surface area (Å²) in [4.78, 5) is 0. The van der Waals surface area contributed by atoms with Gasteiger partial charge in [0, 0.05) is 7.05 Å². The average Bonchev–Trinajstić information content (AvgIpc) is 1.91. The van der Waals surface area contributed by atoms with E-state index in [1.807, 2.05) is 7.05 Å². The summed E-state index contributed by atoms with van der Waals surface area (Å²) in [6.45, 7) is 0. The van der Waals surface area contributed by atoms with Crippen LogP contribution in [0.15, 0.2) is 5.10 Å². The van der Waals surface area contributed by atoms with Crippen LogP contribution in [-0.2, 0) is 0 Å². The van der Waals surface area contributed by atoms with Gasteiger partial charge in [-0.2, -0.15) is 5.10 Å². The van der Waals surface area contributed by atoms with Gasteiger partial charge in [-0.1, -0.05) is 4.52 Å². The van der Waals surface area contributed by atoms with E-state index in [9.17, 15) is 0 Å². The standard InChI is InChI=1S/C2H6N4S.Na.H/c1-5-2-3-4-6(5)7;;/h2,4,7H,1H3;;. The van der Waals surface area contributed by atoms with Crippen LogP contribution in [0.1, 0.15) is 0 Å². The van der Waals surface area contributed by atoms with E-state index in [0.717, 1.165) is 0 Å². The van der Waals surface area contributed by atoms with Crippen molar-refractivity contribution >= 4 is 48.7 Å². The molecule has 0 spiro atoms. The molecule has 0 amide bonds. The van der Waals surface area contributed by atoms with Crippen molar-refractivity contribution in [2.75, 3.05) is 7.05 Å². The minimum absolute atomic E-state index is 0. The molecule has 8 heavy (non-hydrogen) atoms. The SMILES string of the molecule is CN1C=NNN1S.[NaH]. The molecule has 0 radical (unpaired) electrons. The number of hydrogen-bond donors (Lipinski definition) is 2. The molecule has 0 saturated carbocycles. The Morgan fingerprint density at radius 3 is 2.50 bits per heavy atom. The zero-order valence-corrected chi connectivity index (χ0v) is 4.76. The normalized spacial score (nSPS) is 18.0. The van der Waals surface area contributed by atoms with E-state index < -0.39 is 0 Å². The molecular formula is C2H7N4NaS. The van der Waals surface area contributed by atoms with Crippen molar-refractivity contribution in [2.45, 2.75) is 0 Å². The summed E-state index contributed by atoms with van der Waals surface area (Å²) in [6, 6.07) is 0. The maximum atomic E-state index is 3.91. The first-order chi connectivity index (χ1) is 3.30. The van der Waals surface area contributed by atoms with E-state index in [-0.39, 0.29) is 29.6 Å². The Kier molecular flexibility index (Phi) is 3.84. The Morgan fingerprint density at radius 1 is 1.75 bits per heavy atom. The molecule has 0 atom stereocenters. The zero-order valence-electron chi connectivity index (χ0n) is 3.87. The molecule has 42 valence electrons. The quantitative estimate of drug-likeness (QED) is 0.329. The van der Waals surface area contributed by atoms with Crippen molar-refractivity contribution in [3.05, 3.63) is 0 Å². The zero-order chi connectivity index (χ0) is 5.28. The van der Waals surface area contributed by atoms with Gasteiger partial charge in [-0.25, -0.2) is 5.53 Å². The molecule has 0 fully saturated rings. The van der Waals surface area contributed by atoms with Crippen molar-refractivity contribution in [3.8, 4) is 0 Å². The van der Waals surface area contributed by atoms with Crippen LogP contribution < -0.4 is 5.53 Å². The summed E-state index contributed by atoms with van der Waals surface area (Å²) in [5, 5.41) is 5.34. The van der Waals surface area contributed by atoms with Gasteiger partial charge in [-0.15, -0.1) is 0 Å². The molecule has 1 heterocycles. The number of hydrazone groups is 1. The van der Waals surface area contributed by atoms with Crippen molar-refractivity contribution in [2.24, 2.45) is 5.10 Å². The van der Waals surface area contributed by atoms with Gasteiger partial charge in [0.1, 0.15) is 6.34 Å². The van der Waals surface area contributed by atoms with Crippen LogP contribution in [0.2, 0.25) is 0 Å². The Bertz CT molecular complexity index is 96.0. The third-order valence-corrected chi connectivity index (χ3v) is 1.04. The van der Waals surface area contributed by atoms with Crippen molar-refractivity contribution in [1.82, 2.24) is 15.1 Å². The van der Waals surface area contributed by atoms with Crippen LogP contribution in [-0.4, -0.2) is 52.5 Å². The molecule has 1 aliphatic rings. The van der Waals surface area contributed by atoms with Gasteiger partial charge in [0.25, 0.3) is 0 Å². The Hall–Kier alpha value is 0.580. The Balaban J connectivity index is 0.000000490. The summed E-state index contributed by atoms with van der Waals surface area (Å²) in [7, 11) is 1.83. The van der Waals surface area contributed by atoms with Crippen LogP contribution in [0, 0.1) is 0 Å². The number of hydrogen-bond acceptors (Lipinski definition) is 5. The molecule has 0 bridgehead atoms. The molecule has 1 rings (SSSR count). The summed E-state index contributed by atoms with van der Waals surface area (Å²) in [5.41, 5.74) is 2.56. The molecule has 0 aromatic rings. The van der Waals surface area contributed by atoms with Crippen LogP contribution >= 0.6 is 12.8 Å². The van der Waals surface area contributed by atoms with Gasteiger partial charge in [0.2, 0.25) is 0 Å². The predicted molar refractivity (Wildman–Crippen MR) is 37.4 cm³/mol. The average molecular weight is 142 g/mol. The minimum atomic E-state index is 0. The first-order valence-corrected chi connectivity index (χ1v) is 2.21. The summed E-state index contributed by atoms with van der Waals surface area (Å²) >= 11 is 3.91. The van der Waals surface area contributed by atoms with Crippen LogP contribution in [0.3, 0.4) is 0 Å². The van der Waals surface area contributed by atoms with Gasteiger partial charge >= 0.3 is 29.6 Å². The Labute approximate surface area is 75.7 Å². The van der Waals surface area contributed by atoms with E-state index in [4.69, 9.17) is 0 Å². The molecule has 0 unspecified atom stereocenters. The van der Waals surface area contributed by atoms with Crippen LogP contribution in [0.4, 0.5) is 0 Å². The fourth-order valence-electron chi connectivity index (χ4n) is 0.280. The van der Waals surface area contributed by atoms with Crippen molar-refractivity contribution < 1.29 is 0 Å². The molecule has 0 saturated heterocycles. The molecular weight excluding hydrogens is 135 g/mol. The fourth-order valence-corrected chi connectivity index (χ4v) is 0.378. The molecule has 0 aromatic heterocycles. The second-order valence-electron chi connectivity index (χ2n) is 1.21. The summed E-state index contributed by atoms with van der Waals surface area (Å²) in [6.07, 6.45) is 1.62. The van der Waals surface area contributed by atoms with Crippen molar-refractivity contribution in [1.29, 1.82) is 0 Å². The van der Waals surface area contributed by atoms with E-state index in [2.05, 4.69) is 23.5 Å². The van der Waals surface area contributed by atoms with Crippen molar-refractivity contribution in [3.63, 3.8) is 0 Å². The number of thiol groups is 1.